The van der Waals surface area contributed by atoms with Gasteiger partial charge in [0, 0.05) is 29.0 Å². The van der Waals surface area contributed by atoms with E-state index in [1.807, 2.05) is 26.0 Å². The van der Waals surface area contributed by atoms with E-state index in [9.17, 15) is 19.1 Å². The van der Waals surface area contributed by atoms with Gasteiger partial charge in [-0.15, -0.1) is 10.2 Å². The van der Waals surface area contributed by atoms with E-state index in [4.69, 9.17) is 4.74 Å². The molecule has 2 aromatic carbocycles. The molecule has 8 nitrogen and oxygen atoms in total. The van der Waals surface area contributed by atoms with E-state index in [-0.39, 0.29) is 18.1 Å². The van der Waals surface area contributed by atoms with E-state index < -0.39 is 22.9 Å². The average molecular weight is 481 g/mol. The minimum atomic E-state index is -1.42. The lowest BCUT2D eigenvalue weighted by Gasteiger charge is -2.13. The van der Waals surface area contributed by atoms with Gasteiger partial charge in [0.05, 0.1) is 11.3 Å². The van der Waals surface area contributed by atoms with Gasteiger partial charge in [-0.1, -0.05) is 25.2 Å². The highest BCUT2D eigenvalue weighted by Crippen LogP contribution is 2.32. The number of benzene rings is 2. The van der Waals surface area contributed by atoms with Crippen molar-refractivity contribution < 1.29 is 19.0 Å². The summed E-state index contributed by atoms with van der Waals surface area (Å²) < 4.78 is 20.4. The van der Waals surface area contributed by atoms with E-state index in [2.05, 4.69) is 20.4 Å². The van der Waals surface area contributed by atoms with Crippen LogP contribution in [0.4, 0.5) is 4.39 Å². The van der Waals surface area contributed by atoms with Crippen molar-refractivity contribution in [2.45, 2.75) is 33.1 Å². The normalized spacial score (nSPS) is 11.1. The van der Waals surface area contributed by atoms with Gasteiger partial charge in [-0.05, 0) is 49.4 Å². The molecular weight excluding hydrogens is 459 g/mol. The van der Waals surface area contributed by atoms with Gasteiger partial charge < -0.3 is 9.84 Å². The SMILES string of the molecule is Cc1cc(Cc2cc(F)c(C(=O)O)cc2Oc2ccc(-c3nnc(C(C)C)s3)cc2)c(=O)[nH]n1. The maximum absolute atomic E-state index is 14.5. The largest absolute Gasteiger partial charge is 0.478 e. The molecule has 34 heavy (non-hydrogen) atoms. The van der Waals surface area contributed by atoms with E-state index in [1.165, 1.54) is 11.3 Å². The molecule has 2 heterocycles. The summed E-state index contributed by atoms with van der Waals surface area (Å²) in [6.45, 7) is 5.82. The van der Waals surface area contributed by atoms with Crippen molar-refractivity contribution in [3.05, 3.63) is 86.0 Å². The van der Waals surface area contributed by atoms with Gasteiger partial charge in [0.15, 0.2) is 0 Å². The second-order valence-corrected chi connectivity index (χ2v) is 9.02. The van der Waals surface area contributed by atoms with Crippen LogP contribution in [0, 0.1) is 12.7 Å². The summed E-state index contributed by atoms with van der Waals surface area (Å²) in [5.74, 6) is -1.49. The van der Waals surface area contributed by atoms with Gasteiger partial charge in [0.1, 0.15) is 27.3 Å². The fourth-order valence-electron chi connectivity index (χ4n) is 3.27. The highest BCUT2D eigenvalue weighted by molar-refractivity contribution is 7.14. The van der Waals surface area contributed by atoms with Gasteiger partial charge in [-0.25, -0.2) is 14.3 Å². The van der Waals surface area contributed by atoms with Gasteiger partial charge in [0.2, 0.25) is 0 Å². The number of carboxylic acids is 1. The van der Waals surface area contributed by atoms with E-state index >= 15 is 0 Å². The Morgan fingerprint density at radius 2 is 1.88 bits per heavy atom. The second-order valence-electron chi connectivity index (χ2n) is 8.01. The van der Waals surface area contributed by atoms with Crippen LogP contribution >= 0.6 is 11.3 Å². The third-order valence-electron chi connectivity index (χ3n) is 5.03. The van der Waals surface area contributed by atoms with Crippen molar-refractivity contribution >= 4 is 17.3 Å². The number of carboxylic acid groups (broad SMARTS) is 1. The van der Waals surface area contributed by atoms with E-state index in [0.717, 1.165) is 27.7 Å². The van der Waals surface area contributed by atoms with Crippen LogP contribution in [0.1, 0.15) is 52.0 Å². The van der Waals surface area contributed by atoms with Crippen molar-refractivity contribution in [3.8, 4) is 22.1 Å². The maximum atomic E-state index is 14.5. The Morgan fingerprint density at radius 3 is 2.53 bits per heavy atom. The number of nitrogens with zero attached hydrogens (tertiary/aromatic N) is 3. The second kappa shape index (κ2) is 9.52. The molecule has 4 aromatic rings. The van der Waals surface area contributed by atoms with Crippen LogP contribution in [0.2, 0.25) is 0 Å². The lowest BCUT2D eigenvalue weighted by atomic mass is 10.0. The molecule has 10 heteroatoms. The lowest BCUT2D eigenvalue weighted by Crippen LogP contribution is -2.15. The number of aryl methyl sites for hydroxylation is 1. The zero-order valence-corrected chi connectivity index (χ0v) is 19.4. The fourth-order valence-corrected chi connectivity index (χ4v) is 4.12. The first kappa shape index (κ1) is 23.2. The number of hydrogen-bond donors (Lipinski definition) is 2. The van der Waals surface area contributed by atoms with Crippen molar-refractivity contribution in [1.82, 2.24) is 20.4 Å². The van der Waals surface area contributed by atoms with Crippen LogP contribution in [0.15, 0.2) is 47.3 Å². The number of carbonyl (C=O) groups is 1. The topological polar surface area (TPSA) is 118 Å². The number of aromatic nitrogens is 4. The first-order valence-corrected chi connectivity index (χ1v) is 11.3. The minimum Gasteiger partial charge on any atom is -0.478 e. The Bertz CT molecular complexity index is 1410. The number of nitrogens with one attached hydrogen (secondary N) is 1. The van der Waals surface area contributed by atoms with Crippen molar-refractivity contribution in [1.29, 1.82) is 0 Å². The quantitative estimate of drug-likeness (QED) is 0.385. The summed E-state index contributed by atoms with van der Waals surface area (Å²) >= 11 is 1.51. The standard InChI is InChI=1S/C24H21FN4O4S/c1-12(2)22-28-29-23(34-22)14-4-6-17(7-5-14)33-20-11-18(24(31)32)19(25)10-15(20)9-16-8-13(3)26-27-21(16)30/h4-8,10-12H,9H2,1-3H3,(H,27,30)(H,31,32). The van der Waals surface area contributed by atoms with Gasteiger partial charge >= 0.3 is 5.97 Å². The van der Waals surface area contributed by atoms with Crippen molar-refractivity contribution in [2.75, 3.05) is 0 Å². The van der Waals surface area contributed by atoms with Gasteiger partial charge in [0.25, 0.3) is 5.56 Å². The molecule has 174 valence electrons. The van der Waals surface area contributed by atoms with Crippen LogP contribution in [-0.2, 0) is 6.42 Å². The Hall–Kier alpha value is -3.92. The average Bonchev–Trinajstić information content (AvgIpc) is 3.29. The first-order chi connectivity index (χ1) is 16.2. The maximum Gasteiger partial charge on any atom is 0.338 e. The van der Waals surface area contributed by atoms with Crippen LogP contribution in [0.5, 0.6) is 11.5 Å². The summed E-state index contributed by atoms with van der Waals surface area (Å²) in [5, 5.41) is 25.7. The van der Waals surface area contributed by atoms with Gasteiger partial charge in [-0.3, -0.25) is 4.79 Å². The third-order valence-corrected chi connectivity index (χ3v) is 6.31. The van der Waals surface area contributed by atoms with Crippen LogP contribution in [0.3, 0.4) is 0 Å². The Labute approximate surface area is 198 Å². The summed E-state index contributed by atoms with van der Waals surface area (Å²) in [6, 6.07) is 10.9. The molecule has 2 N–H and O–H groups in total. The van der Waals surface area contributed by atoms with Crippen molar-refractivity contribution in [3.63, 3.8) is 0 Å². The molecule has 0 atom stereocenters. The third kappa shape index (κ3) is 5.01. The molecule has 0 fully saturated rings. The molecule has 0 saturated carbocycles. The molecule has 0 aliphatic carbocycles. The molecule has 0 unspecified atom stereocenters. The molecular formula is C24H21FN4O4S. The number of halogens is 1. The molecule has 0 saturated heterocycles. The number of ether oxygens (including phenoxy) is 1. The molecule has 0 aliphatic heterocycles. The number of aromatic amines is 1. The predicted molar refractivity (Wildman–Crippen MR) is 125 cm³/mol. The monoisotopic (exact) mass is 480 g/mol. The highest BCUT2D eigenvalue weighted by atomic mass is 32.1. The summed E-state index contributed by atoms with van der Waals surface area (Å²) in [7, 11) is 0. The molecule has 2 aromatic heterocycles. The lowest BCUT2D eigenvalue weighted by molar-refractivity contribution is 0.0691. The summed E-state index contributed by atoms with van der Waals surface area (Å²) in [6.07, 6.45) is 0.0334. The zero-order valence-electron chi connectivity index (χ0n) is 18.6. The van der Waals surface area contributed by atoms with E-state index in [1.54, 1.807) is 25.1 Å². The number of aromatic carboxylic acids is 1. The molecule has 0 spiro atoms. The summed E-state index contributed by atoms with van der Waals surface area (Å²) in [4.78, 5) is 23.6. The van der Waals surface area contributed by atoms with E-state index in [0.29, 0.717) is 22.6 Å². The Morgan fingerprint density at radius 1 is 1.15 bits per heavy atom. The predicted octanol–water partition coefficient (Wildman–Crippen LogP) is 4.94. The van der Waals surface area contributed by atoms with Crippen LogP contribution < -0.4 is 10.3 Å². The molecule has 0 bridgehead atoms. The number of H-pyrrole nitrogens is 1. The minimum absolute atomic E-state index is 0.0334. The zero-order chi connectivity index (χ0) is 24.4. The fraction of sp³-hybridized carbons (Fsp3) is 0.208. The molecule has 4 rings (SSSR count). The first-order valence-electron chi connectivity index (χ1n) is 10.4. The van der Waals surface area contributed by atoms with Crippen LogP contribution in [-0.4, -0.2) is 31.5 Å². The Balaban J connectivity index is 1.67. The van der Waals surface area contributed by atoms with Crippen LogP contribution in [0.25, 0.3) is 10.6 Å². The molecule has 0 radical (unpaired) electrons. The number of rotatable bonds is 7. The van der Waals surface area contributed by atoms with Crippen molar-refractivity contribution in [2.24, 2.45) is 0 Å². The summed E-state index contributed by atoms with van der Waals surface area (Å²) in [5.41, 5.74) is 1.20. The number of hydrogen-bond acceptors (Lipinski definition) is 7. The smallest absolute Gasteiger partial charge is 0.338 e. The highest BCUT2D eigenvalue weighted by Gasteiger charge is 2.18. The Kier molecular flexibility index (Phi) is 6.51. The van der Waals surface area contributed by atoms with Gasteiger partial charge in [-0.2, -0.15) is 5.10 Å². The molecule has 0 amide bonds. The molecule has 0 aliphatic rings.